The van der Waals surface area contributed by atoms with Crippen LogP contribution in [0.3, 0.4) is 0 Å². The Morgan fingerprint density at radius 3 is 2.75 bits per heavy atom. The SMILES string of the molecule is CCc1cc2c(N(C)C[C@@H](O)CN3CCN(C)CC3)ncnc2s1. The molecule has 0 radical (unpaired) electrons. The molecule has 6 nitrogen and oxygen atoms in total. The van der Waals surface area contributed by atoms with Gasteiger partial charge in [-0.05, 0) is 19.5 Å². The zero-order chi connectivity index (χ0) is 17.1. The van der Waals surface area contributed by atoms with E-state index in [4.69, 9.17) is 0 Å². The number of aryl methyl sites for hydroxylation is 1. The molecule has 2 aromatic rings. The summed E-state index contributed by atoms with van der Waals surface area (Å²) in [6.45, 7) is 7.65. The Bertz CT molecular complexity index is 668. The van der Waals surface area contributed by atoms with Crippen LogP contribution in [0.2, 0.25) is 0 Å². The minimum atomic E-state index is -0.382. The van der Waals surface area contributed by atoms with Gasteiger partial charge in [-0.2, -0.15) is 0 Å². The maximum Gasteiger partial charge on any atom is 0.140 e. The lowest BCUT2D eigenvalue weighted by molar-refractivity contribution is 0.0842. The Labute approximate surface area is 147 Å². The summed E-state index contributed by atoms with van der Waals surface area (Å²) in [5.41, 5.74) is 0. The van der Waals surface area contributed by atoms with E-state index in [1.54, 1.807) is 17.7 Å². The van der Waals surface area contributed by atoms with E-state index in [9.17, 15) is 5.11 Å². The molecule has 1 atom stereocenters. The second kappa shape index (κ2) is 7.74. The molecule has 0 spiro atoms. The minimum absolute atomic E-state index is 0.382. The number of likely N-dealkylation sites (N-methyl/N-ethyl adjacent to an activating group) is 2. The van der Waals surface area contributed by atoms with Gasteiger partial charge in [0.05, 0.1) is 11.5 Å². The first-order valence-electron chi connectivity index (χ1n) is 8.60. The molecule has 1 N–H and O–H groups in total. The van der Waals surface area contributed by atoms with E-state index < -0.39 is 0 Å². The Morgan fingerprint density at radius 2 is 2.04 bits per heavy atom. The first-order valence-corrected chi connectivity index (χ1v) is 9.42. The van der Waals surface area contributed by atoms with E-state index in [2.05, 4.69) is 44.7 Å². The molecule has 1 fully saturated rings. The van der Waals surface area contributed by atoms with Crippen molar-refractivity contribution in [2.24, 2.45) is 0 Å². The van der Waals surface area contributed by atoms with Gasteiger partial charge >= 0.3 is 0 Å². The smallest absolute Gasteiger partial charge is 0.140 e. The van der Waals surface area contributed by atoms with Crippen molar-refractivity contribution >= 4 is 27.4 Å². The van der Waals surface area contributed by atoms with Crippen molar-refractivity contribution < 1.29 is 5.11 Å². The zero-order valence-corrected chi connectivity index (χ0v) is 15.6. The van der Waals surface area contributed by atoms with Crippen molar-refractivity contribution in [1.29, 1.82) is 0 Å². The van der Waals surface area contributed by atoms with Crippen molar-refractivity contribution in [3.63, 3.8) is 0 Å². The summed E-state index contributed by atoms with van der Waals surface area (Å²) in [6.07, 6.45) is 2.25. The number of rotatable bonds is 6. The van der Waals surface area contributed by atoms with Crippen LogP contribution in [0.4, 0.5) is 5.82 Å². The summed E-state index contributed by atoms with van der Waals surface area (Å²) >= 11 is 1.72. The minimum Gasteiger partial charge on any atom is -0.390 e. The average molecular weight is 350 g/mol. The monoisotopic (exact) mass is 349 g/mol. The number of piperazine rings is 1. The van der Waals surface area contributed by atoms with Crippen LogP contribution in [-0.2, 0) is 6.42 Å². The molecular formula is C17H27N5OS. The van der Waals surface area contributed by atoms with Crippen molar-refractivity contribution in [2.45, 2.75) is 19.4 Å². The number of fused-ring (bicyclic) bond motifs is 1. The maximum absolute atomic E-state index is 10.5. The molecule has 1 aliphatic rings. The number of aromatic nitrogens is 2. The first-order chi connectivity index (χ1) is 11.6. The summed E-state index contributed by atoms with van der Waals surface area (Å²) in [4.78, 5) is 17.9. The predicted molar refractivity (Wildman–Crippen MR) is 100 cm³/mol. The molecule has 0 saturated carbocycles. The van der Waals surface area contributed by atoms with Gasteiger partial charge in [0.15, 0.2) is 0 Å². The number of anilines is 1. The van der Waals surface area contributed by atoms with Crippen LogP contribution in [-0.4, -0.2) is 84.3 Å². The van der Waals surface area contributed by atoms with E-state index in [1.807, 2.05) is 7.05 Å². The lowest BCUT2D eigenvalue weighted by Crippen LogP contribution is -2.48. The number of aliphatic hydroxyl groups excluding tert-OH is 1. The largest absolute Gasteiger partial charge is 0.390 e. The fourth-order valence-electron chi connectivity index (χ4n) is 3.16. The van der Waals surface area contributed by atoms with Gasteiger partial charge in [0.1, 0.15) is 17.0 Å². The van der Waals surface area contributed by atoms with Gasteiger partial charge in [0.2, 0.25) is 0 Å². The molecule has 3 rings (SSSR count). The summed E-state index contributed by atoms with van der Waals surface area (Å²) in [7, 11) is 4.14. The van der Waals surface area contributed by atoms with Gasteiger partial charge in [-0.25, -0.2) is 9.97 Å². The Hall–Kier alpha value is -1.28. The first kappa shape index (κ1) is 17.5. The van der Waals surface area contributed by atoms with E-state index in [-0.39, 0.29) is 6.10 Å². The number of hydrogen-bond donors (Lipinski definition) is 1. The van der Waals surface area contributed by atoms with Gasteiger partial charge in [0.25, 0.3) is 0 Å². The summed E-state index contributed by atoms with van der Waals surface area (Å²) in [6, 6.07) is 2.18. The Morgan fingerprint density at radius 1 is 1.29 bits per heavy atom. The fraction of sp³-hybridized carbons (Fsp3) is 0.647. The Kier molecular flexibility index (Phi) is 5.65. The molecule has 132 valence electrons. The van der Waals surface area contributed by atoms with Gasteiger partial charge in [-0.3, -0.25) is 4.90 Å². The molecule has 2 aromatic heterocycles. The molecule has 0 aliphatic carbocycles. The molecular weight excluding hydrogens is 322 g/mol. The van der Waals surface area contributed by atoms with Crippen LogP contribution < -0.4 is 4.90 Å². The standard InChI is InChI=1S/C17H27N5OS/c1-4-14-9-15-16(18-12-19-17(15)24-14)21(3)10-13(23)11-22-7-5-20(2)6-8-22/h9,12-13,23H,4-8,10-11H2,1-3H3/t13-/m1/s1. The van der Waals surface area contributed by atoms with Crippen LogP contribution in [0.1, 0.15) is 11.8 Å². The number of nitrogens with zero attached hydrogens (tertiary/aromatic N) is 5. The average Bonchev–Trinajstić information content (AvgIpc) is 3.00. The molecule has 7 heteroatoms. The number of thiophene rings is 1. The summed E-state index contributed by atoms with van der Waals surface area (Å²) in [5, 5.41) is 11.6. The van der Waals surface area contributed by atoms with Crippen molar-refractivity contribution in [1.82, 2.24) is 19.8 Å². The molecule has 0 bridgehead atoms. The van der Waals surface area contributed by atoms with Gasteiger partial charge in [0, 0.05) is 51.2 Å². The highest BCUT2D eigenvalue weighted by Crippen LogP contribution is 2.30. The lowest BCUT2D eigenvalue weighted by atomic mass is 10.2. The fourth-order valence-corrected chi connectivity index (χ4v) is 4.09. The van der Waals surface area contributed by atoms with Crippen molar-refractivity contribution in [3.8, 4) is 0 Å². The highest BCUT2D eigenvalue weighted by atomic mass is 32.1. The topological polar surface area (TPSA) is 55.7 Å². The summed E-state index contributed by atoms with van der Waals surface area (Å²) in [5.74, 6) is 0.911. The van der Waals surface area contributed by atoms with Crippen LogP contribution in [0.5, 0.6) is 0 Å². The highest BCUT2D eigenvalue weighted by molar-refractivity contribution is 7.18. The number of aliphatic hydroxyl groups is 1. The van der Waals surface area contributed by atoms with Crippen LogP contribution in [0, 0.1) is 0 Å². The Balaban J connectivity index is 1.64. The van der Waals surface area contributed by atoms with Crippen molar-refractivity contribution in [2.75, 3.05) is 58.3 Å². The van der Waals surface area contributed by atoms with E-state index >= 15 is 0 Å². The maximum atomic E-state index is 10.5. The van der Waals surface area contributed by atoms with Gasteiger partial charge in [-0.1, -0.05) is 6.92 Å². The number of hydrogen-bond acceptors (Lipinski definition) is 7. The second-order valence-electron chi connectivity index (χ2n) is 6.62. The molecule has 3 heterocycles. The van der Waals surface area contributed by atoms with Gasteiger partial charge in [-0.15, -0.1) is 11.3 Å². The zero-order valence-electron chi connectivity index (χ0n) is 14.8. The third-order valence-electron chi connectivity index (χ3n) is 4.62. The molecule has 0 unspecified atom stereocenters. The molecule has 0 amide bonds. The third kappa shape index (κ3) is 4.03. The van der Waals surface area contributed by atoms with Crippen LogP contribution >= 0.6 is 11.3 Å². The quantitative estimate of drug-likeness (QED) is 0.848. The second-order valence-corrected chi connectivity index (χ2v) is 7.74. The molecule has 1 saturated heterocycles. The van der Waals surface area contributed by atoms with E-state index in [0.29, 0.717) is 6.54 Å². The molecule has 1 aliphatic heterocycles. The van der Waals surface area contributed by atoms with E-state index in [0.717, 1.165) is 55.2 Å². The van der Waals surface area contributed by atoms with Crippen molar-refractivity contribution in [3.05, 3.63) is 17.3 Å². The third-order valence-corrected chi connectivity index (χ3v) is 5.81. The van der Waals surface area contributed by atoms with Gasteiger partial charge < -0.3 is 14.9 Å². The highest BCUT2D eigenvalue weighted by Gasteiger charge is 2.19. The molecule has 0 aromatic carbocycles. The summed E-state index contributed by atoms with van der Waals surface area (Å²) < 4.78 is 0. The van der Waals surface area contributed by atoms with Crippen LogP contribution in [0.15, 0.2) is 12.4 Å². The van der Waals surface area contributed by atoms with Crippen LogP contribution in [0.25, 0.3) is 10.2 Å². The predicted octanol–water partition coefficient (Wildman–Crippen LogP) is 1.30. The normalized spacial score (nSPS) is 18.2. The lowest BCUT2D eigenvalue weighted by Gasteiger charge is -2.34. The molecule has 24 heavy (non-hydrogen) atoms. The number of β-amino-alcohol motifs (C(OH)–C–C–N with tert-alkyl or cyclic N) is 1. The van der Waals surface area contributed by atoms with E-state index in [1.165, 1.54) is 4.88 Å².